The van der Waals surface area contributed by atoms with E-state index in [-0.39, 0.29) is 5.91 Å². The summed E-state index contributed by atoms with van der Waals surface area (Å²) in [6.45, 7) is 0. The van der Waals surface area contributed by atoms with Gasteiger partial charge in [0, 0.05) is 21.5 Å². The molecule has 0 radical (unpaired) electrons. The van der Waals surface area contributed by atoms with Gasteiger partial charge in [0.25, 0.3) is 5.91 Å². The molecule has 0 atom stereocenters. The number of rotatable bonds is 4. The van der Waals surface area contributed by atoms with Crippen LogP contribution in [0.3, 0.4) is 0 Å². The first-order chi connectivity index (χ1) is 11.7. The molecule has 0 unspecified atom stereocenters. The van der Waals surface area contributed by atoms with Gasteiger partial charge in [0.15, 0.2) is 0 Å². The van der Waals surface area contributed by atoms with Gasteiger partial charge < -0.3 is 4.74 Å². The lowest BCUT2D eigenvalue weighted by molar-refractivity contribution is 0.0955. The molecule has 0 aromatic heterocycles. The zero-order valence-electron chi connectivity index (χ0n) is 13.0. The van der Waals surface area contributed by atoms with Crippen molar-refractivity contribution in [3.8, 4) is 5.75 Å². The quantitative estimate of drug-likeness (QED) is 0.570. The van der Waals surface area contributed by atoms with Crippen LogP contribution in [0.25, 0.3) is 10.8 Å². The monoisotopic (exact) mass is 338 g/mol. The van der Waals surface area contributed by atoms with Crippen molar-refractivity contribution in [3.63, 3.8) is 0 Å². The number of methoxy groups -OCH3 is 1. The molecule has 0 aliphatic heterocycles. The van der Waals surface area contributed by atoms with Crippen molar-refractivity contribution in [2.75, 3.05) is 7.11 Å². The van der Waals surface area contributed by atoms with Gasteiger partial charge in [-0.25, -0.2) is 5.43 Å². The molecule has 0 saturated heterocycles. The van der Waals surface area contributed by atoms with Gasteiger partial charge in [0.1, 0.15) is 5.75 Å². The van der Waals surface area contributed by atoms with E-state index in [1.54, 1.807) is 37.6 Å². The number of nitrogens with zero attached hydrogens (tertiary/aromatic N) is 1. The fourth-order valence-corrected chi connectivity index (χ4v) is 2.54. The zero-order valence-corrected chi connectivity index (χ0v) is 13.7. The van der Waals surface area contributed by atoms with Crippen LogP contribution >= 0.6 is 11.6 Å². The Hall–Kier alpha value is -2.85. The van der Waals surface area contributed by atoms with E-state index in [2.05, 4.69) is 10.5 Å². The first kappa shape index (κ1) is 16.0. The molecule has 0 aliphatic carbocycles. The maximum atomic E-state index is 12.0. The van der Waals surface area contributed by atoms with Gasteiger partial charge in [-0.1, -0.05) is 35.9 Å². The predicted octanol–water partition coefficient (Wildman–Crippen LogP) is 4.27. The lowest BCUT2D eigenvalue weighted by atomic mass is 10.0. The SMILES string of the molecule is COc1ccc(C=NNC(=O)c2ccc(Cl)cc2)c2ccccc12. The molecule has 0 heterocycles. The second-order valence-electron chi connectivity index (χ2n) is 5.11. The highest BCUT2D eigenvalue weighted by atomic mass is 35.5. The number of benzene rings is 3. The Balaban J connectivity index is 1.81. The van der Waals surface area contributed by atoms with Crippen molar-refractivity contribution in [1.82, 2.24) is 5.43 Å². The molecule has 0 spiro atoms. The predicted molar refractivity (Wildman–Crippen MR) is 97.0 cm³/mol. The topological polar surface area (TPSA) is 50.7 Å². The van der Waals surface area contributed by atoms with Crippen molar-refractivity contribution in [2.45, 2.75) is 0 Å². The highest BCUT2D eigenvalue weighted by Crippen LogP contribution is 2.27. The highest BCUT2D eigenvalue weighted by Gasteiger charge is 2.05. The number of hydrogen-bond donors (Lipinski definition) is 1. The van der Waals surface area contributed by atoms with Gasteiger partial charge >= 0.3 is 0 Å². The third kappa shape index (κ3) is 3.39. The lowest BCUT2D eigenvalue weighted by Crippen LogP contribution is -2.17. The first-order valence-corrected chi connectivity index (χ1v) is 7.71. The second-order valence-corrected chi connectivity index (χ2v) is 5.55. The van der Waals surface area contributed by atoms with Gasteiger partial charge in [-0.3, -0.25) is 4.79 Å². The number of fused-ring (bicyclic) bond motifs is 1. The molecule has 120 valence electrons. The van der Waals surface area contributed by atoms with Crippen LogP contribution in [0, 0.1) is 0 Å². The van der Waals surface area contributed by atoms with E-state index in [9.17, 15) is 4.79 Å². The van der Waals surface area contributed by atoms with E-state index in [1.807, 2.05) is 36.4 Å². The maximum Gasteiger partial charge on any atom is 0.271 e. The van der Waals surface area contributed by atoms with Crippen LogP contribution in [-0.4, -0.2) is 19.2 Å². The molecule has 0 fully saturated rings. The molecule has 5 heteroatoms. The average Bonchev–Trinajstić information content (AvgIpc) is 2.62. The van der Waals surface area contributed by atoms with Crippen LogP contribution < -0.4 is 10.2 Å². The van der Waals surface area contributed by atoms with Crippen molar-refractivity contribution < 1.29 is 9.53 Å². The Labute approximate surface area is 144 Å². The molecule has 1 amide bonds. The number of carbonyl (C=O) groups is 1. The summed E-state index contributed by atoms with van der Waals surface area (Å²) in [4.78, 5) is 12.0. The summed E-state index contributed by atoms with van der Waals surface area (Å²) in [6.07, 6.45) is 1.62. The van der Waals surface area contributed by atoms with Crippen LogP contribution in [0.1, 0.15) is 15.9 Å². The molecule has 3 aromatic carbocycles. The standard InChI is InChI=1S/C19H15ClN2O2/c1-24-18-11-8-14(16-4-2-3-5-17(16)18)12-21-22-19(23)13-6-9-15(20)10-7-13/h2-12H,1H3,(H,22,23). The van der Waals surface area contributed by atoms with Crippen LogP contribution in [0.4, 0.5) is 0 Å². The minimum Gasteiger partial charge on any atom is -0.496 e. The molecular formula is C19H15ClN2O2. The number of hydrogen-bond acceptors (Lipinski definition) is 3. The Bertz CT molecular complexity index is 905. The Morgan fingerprint density at radius 1 is 1.04 bits per heavy atom. The molecule has 3 rings (SSSR count). The van der Waals surface area contributed by atoms with Crippen LogP contribution in [0.15, 0.2) is 65.8 Å². The summed E-state index contributed by atoms with van der Waals surface area (Å²) in [5.41, 5.74) is 3.90. The van der Waals surface area contributed by atoms with Crippen LogP contribution in [0.2, 0.25) is 5.02 Å². The molecule has 0 saturated carbocycles. The number of hydrazone groups is 1. The van der Waals surface area contributed by atoms with Crippen molar-refractivity contribution in [2.24, 2.45) is 5.10 Å². The third-order valence-electron chi connectivity index (χ3n) is 3.61. The summed E-state index contributed by atoms with van der Waals surface area (Å²) < 4.78 is 5.37. The minimum atomic E-state index is -0.291. The fraction of sp³-hybridized carbons (Fsp3) is 0.0526. The number of amides is 1. The smallest absolute Gasteiger partial charge is 0.271 e. The molecule has 4 nitrogen and oxygen atoms in total. The number of carbonyl (C=O) groups excluding carboxylic acids is 1. The van der Waals surface area contributed by atoms with E-state index in [1.165, 1.54) is 0 Å². The molecule has 24 heavy (non-hydrogen) atoms. The zero-order chi connectivity index (χ0) is 16.9. The summed E-state index contributed by atoms with van der Waals surface area (Å²) in [5.74, 6) is 0.508. The minimum absolute atomic E-state index is 0.291. The van der Waals surface area contributed by atoms with Gasteiger partial charge in [0.05, 0.1) is 13.3 Å². The summed E-state index contributed by atoms with van der Waals surface area (Å²) in [5, 5.41) is 6.63. The highest BCUT2D eigenvalue weighted by molar-refractivity contribution is 6.30. The van der Waals surface area contributed by atoms with Crippen molar-refractivity contribution in [3.05, 3.63) is 76.8 Å². The van der Waals surface area contributed by atoms with E-state index in [4.69, 9.17) is 16.3 Å². The van der Waals surface area contributed by atoms with Crippen molar-refractivity contribution >= 4 is 34.5 Å². The molecule has 3 aromatic rings. The normalized spacial score (nSPS) is 10.9. The third-order valence-corrected chi connectivity index (χ3v) is 3.87. The van der Waals surface area contributed by atoms with Gasteiger partial charge in [-0.2, -0.15) is 5.10 Å². The summed E-state index contributed by atoms with van der Waals surface area (Å²) in [6, 6.07) is 18.3. The number of ether oxygens (including phenoxy) is 1. The Morgan fingerprint density at radius 3 is 2.46 bits per heavy atom. The fourth-order valence-electron chi connectivity index (χ4n) is 2.41. The molecule has 0 bridgehead atoms. The van der Waals surface area contributed by atoms with E-state index >= 15 is 0 Å². The number of halogens is 1. The molecular weight excluding hydrogens is 324 g/mol. The van der Waals surface area contributed by atoms with Crippen molar-refractivity contribution in [1.29, 1.82) is 0 Å². The lowest BCUT2D eigenvalue weighted by Gasteiger charge is -2.07. The average molecular weight is 339 g/mol. The summed E-state index contributed by atoms with van der Waals surface area (Å²) >= 11 is 5.81. The first-order valence-electron chi connectivity index (χ1n) is 7.34. The summed E-state index contributed by atoms with van der Waals surface area (Å²) in [7, 11) is 1.64. The van der Waals surface area contributed by atoms with E-state index < -0.39 is 0 Å². The van der Waals surface area contributed by atoms with Gasteiger partial charge in [0.2, 0.25) is 0 Å². The van der Waals surface area contributed by atoms with E-state index in [0.717, 1.165) is 22.1 Å². The van der Waals surface area contributed by atoms with E-state index in [0.29, 0.717) is 10.6 Å². The second kappa shape index (κ2) is 7.15. The van der Waals surface area contributed by atoms with Crippen LogP contribution in [0.5, 0.6) is 5.75 Å². The van der Waals surface area contributed by atoms with Gasteiger partial charge in [-0.05, 0) is 41.8 Å². The number of nitrogens with one attached hydrogen (secondary N) is 1. The van der Waals surface area contributed by atoms with Crippen LogP contribution in [-0.2, 0) is 0 Å². The Kier molecular flexibility index (Phi) is 4.77. The molecule has 1 N–H and O–H groups in total. The largest absolute Gasteiger partial charge is 0.496 e. The Morgan fingerprint density at radius 2 is 1.75 bits per heavy atom. The maximum absolute atomic E-state index is 12.0. The van der Waals surface area contributed by atoms with Gasteiger partial charge in [-0.15, -0.1) is 0 Å². The molecule has 0 aliphatic rings.